The average Bonchev–Trinajstić information content (AvgIpc) is 3.27. The molecule has 0 aliphatic carbocycles. The fraction of sp³-hybridized carbons (Fsp3) is 0.120. The zero-order valence-corrected chi connectivity index (χ0v) is 19.3. The second-order valence-corrected chi connectivity index (χ2v) is 8.01. The lowest BCUT2D eigenvalue weighted by Crippen LogP contribution is -2.23. The second-order valence-electron chi connectivity index (χ2n) is 7.57. The van der Waals surface area contributed by atoms with E-state index in [0.29, 0.717) is 45.6 Å². The quantitative estimate of drug-likeness (QED) is 0.402. The van der Waals surface area contributed by atoms with Gasteiger partial charge in [0.05, 0.1) is 11.8 Å². The number of ether oxygens (including phenoxy) is 1. The predicted octanol–water partition coefficient (Wildman–Crippen LogP) is 4.75. The van der Waals surface area contributed by atoms with E-state index in [1.165, 1.54) is 12.4 Å². The summed E-state index contributed by atoms with van der Waals surface area (Å²) in [5, 5.41) is 10.3. The lowest BCUT2D eigenvalue weighted by Gasteiger charge is -2.13. The van der Waals surface area contributed by atoms with Crippen LogP contribution in [-0.2, 0) is 13.6 Å². The number of nitrogens with one attached hydrogen (secondary N) is 2. The van der Waals surface area contributed by atoms with Crippen molar-refractivity contribution in [1.82, 2.24) is 20.1 Å². The Labute approximate surface area is 201 Å². The minimum atomic E-state index is -0.326. The highest BCUT2D eigenvalue weighted by atomic mass is 35.5. The van der Waals surface area contributed by atoms with Gasteiger partial charge in [0.25, 0.3) is 11.8 Å². The number of halogens is 1. The number of nitrogens with zero attached hydrogens (tertiary/aromatic N) is 3. The van der Waals surface area contributed by atoms with Crippen molar-refractivity contribution in [1.29, 1.82) is 0 Å². The molecular weight excluding hydrogens is 454 g/mol. The van der Waals surface area contributed by atoms with E-state index in [1.54, 1.807) is 60.4 Å². The van der Waals surface area contributed by atoms with Crippen LogP contribution in [0.4, 0.5) is 5.82 Å². The fourth-order valence-corrected chi connectivity index (χ4v) is 3.37. The number of amides is 2. The summed E-state index contributed by atoms with van der Waals surface area (Å²) in [6.07, 6.45) is 4.62. The fourth-order valence-electron chi connectivity index (χ4n) is 3.25. The first-order valence-corrected chi connectivity index (χ1v) is 10.8. The molecule has 2 N–H and O–H groups in total. The Balaban J connectivity index is 1.44. The van der Waals surface area contributed by atoms with Crippen LogP contribution in [0.2, 0.25) is 5.02 Å². The van der Waals surface area contributed by atoms with Crippen LogP contribution >= 0.6 is 11.6 Å². The number of hydrogen-bond acceptors (Lipinski definition) is 5. The monoisotopic (exact) mass is 475 g/mol. The maximum atomic E-state index is 12.8. The van der Waals surface area contributed by atoms with Crippen molar-refractivity contribution in [2.45, 2.75) is 13.5 Å². The molecule has 34 heavy (non-hydrogen) atoms. The Kier molecular flexibility index (Phi) is 6.89. The van der Waals surface area contributed by atoms with Gasteiger partial charge in [-0.05, 0) is 42.8 Å². The van der Waals surface area contributed by atoms with Gasteiger partial charge in [-0.25, -0.2) is 4.98 Å². The van der Waals surface area contributed by atoms with Gasteiger partial charge in [-0.15, -0.1) is 0 Å². The Morgan fingerprint density at radius 3 is 2.62 bits per heavy atom. The van der Waals surface area contributed by atoms with Crippen molar-refractivity contribution in [3.8, 4) is 11.5 Å². The zero-order chi connectivity index (χ0) is 24.1. The number of carbonyl (C=O) groups is 2. The SMILES string of the molecule is Cc1c(Oc2ccnc(NC(=O)c3cnn(C)c3)c2)cccc1C(=O)NCc1ccc(Cl)cc1. The van der Waals surface area contributed by atoms with Crippen LogP contribution in [0.5, 0.6) is 11.5 Å². The second kappa shape index (κ2) is 10.2. The Morgan fingerprint density at radius 2 is 1.88 bits per heavy atom. The molecule has 9 heteroatoms. The number of anilines is 1. The molecule has 0 aliphatic heterocycles. The molecule has 0 saturated heterocycles. The van der Waals surface area contributed by atoms with Gasteiger partial charge in [0.15, 0.2) is 0 Å². The number of aryl methyl sites for hydroxylation is 1. The molecule has 2 heterocycles. The van der Waals surface area contributed by atoms with Crippen molar-refractivity contribution >= 4 is 29.2 Å². The van der Waals surface area contributed by atoms with Crippen molar-refractivity contribution in [3.05, 3.63) is 100 Å². The van der Waals surface area contributed by atoms with E-state index in [2.05, 4.69) is 20.7 Å². The molecule has 4 aromatic rings. The van der Waals surface area contributed by atoms with Crippen molar-refractivity contribution < 1.29 is 14.3 Å². The largest absolute Gasteiger partial charge is 0.457 e. The number of carbonyl (C=O) groups excluding carboxylic acids is 2. The third-order valence-corrected chi connectivity index (χ3v) is 5.31. The summed E-state index contributed by atoms with van der Waals surface area (Å²) in [6.45, 7) is 2.20. The zero-order valence-electron chi connectivity index (χ0n) is 18.6. The molecule has 0 aliphatic rings. The standard InChI is InChI=1S/C25H22ClN5O3/c1-16-21(25(33)28-13-17-6-8-19(26)9-7-17)4-3-5-22(16)34-20-10-11-27-23(12-20)30-24(32)18-14-29-31(2)15-18/h3-12,14-15H,13H2,1-2H3,(H,28,33)(H,27,30,32). The van der Waals surface area contributed by atoms with E-state index in [1.807, 2.05) is 19.1 Å². The molecule has 4 rings (SSSR count). The van der Waals surface area contributed by atoms with Crippen LogP contribution < -0.4 is 15.4 Å². The molecule has 8 nitrogen and oxygen atoms in total. The number of pyridine rings is 1. The third-order valence-electron chi connectivity index (χ3n) is 5.06. The first-order valence-electron chi connectivity index (χ1n) is 10.5. The van der Waals surface area contributed by atoms with Crippen LogP contribution in [0.15, 0.2) is 73.2 Å². The average molecular weight is 476 g/mol. The van der Waals surface area contributed by atoms with Gasteiger partial charge in [0, 0.05) is 48.2 Å². The molecule has 0 unspecified atom stereocenters. The van der Waals surface area contributed by atoms with Gasteiger partial charge < -0.3 is 15.4 Å². The van der Waals surface area contributed by atoms with E-state index in [9.17, 15) is 9.59 Å². The number of rotatable bonds is 7. The molecule has 0 spiro atoms. The van der Waals surface area contributed by atoms with E-state index < -0.39 is 0 Å². The third kappa shape index (κ3) is 5.60. The van der Waals surface area contributed by atoms with Gasteiger partial charge in [-0.3, -0.25) is 14.3 Å². The Morgan fingerprint density at radius 1 is 1.09 bits per heavy atom. The van der Waals surface area contributed by atoms with Crippen LogP contribution in [0.1, 0.15) is 31.8 Å². The van der Waals surface area contributed by atoms with Gasteiger partial charge >= 0.3 is 0 Å². The normalized spacial score (nSPS) is 10.6. The minimum absolute atomic E-state index is 0.211. The van der Waals surface area contributed by atoms with Gasteiger partial charge in [0.2, 0.25) is 0 Å². The molecule has 2 aromatic carbocycles. The summed E-state index contributed by atoms with van der Waals surface area (Å²) in [6, 6.07) is 15.9. The van der Waals surface area contributed by atoms with E-state index in [0.717, 1.165) is 5.56 Å². The first-order chi connectivity index (χ1) is 16.4. The van der Waals surface area contributed by atoms with Gasteiger partial charge in [0.1, 0.15) is 17.3 Å². The summed E-state index contributed by atoms with van der Waals surface area (Å²) >= 11 is 5.91. The van der Waals surface area contributed by atoms with E-state index in [4.69, 9.17) is 16.3 Å². The minimum Gasteiger partial charge on any atom is -0.457 e. The summed E-state index contributed by atoms with van der Waals surface area (Å²) in [5.74, 6) is 0.791. The molecule has 0 atom stereocenters. The lowest BCUT2D eigenvalue weighted by molar-refractivity contribution is 0.0949. The van der Waals surface area contributed by atoms with Crippen LogP contribution in [-0.4, -0.2) is 26.6 Å². The lowest BCUT2D eigenvalue weighted by atomic mass is 10.1. The highest BCUT2D eigenvalue weighted by molar-refractivity contribution is 6.30. The molecule has 2 aromatic heterocycles. The summed E-state index contributed by atoms with van der Waals surface area (Å²) in [7, 11) is 1.73. The predicted molar refractivity (Wildman–Crippen MR) is 129 cm³/mol. The topological polar surface area (TPSA) is 98.1 Å². The van der Waals surface area contributed by atoms with Crippen LogP contribution in [0, 0.1) is 6.92 Å². The van der Waals surface area contributed by atoms with Crippen molar-refractivity contribution in [2.24, 2.45) is 7.05 Å². The smallest absolute Gasteiger partial charge is 0.260 e. The number of aromatic nitrogens is 3. The molecule has 0 bridgehead atoms. The molecule has 0 radical (unpaired) electrons. The molecule has 0 fully saturated rings. The number of benzene rings is 2. The highest BCUT2D eigenvalue weighted by Crippen LogP contribution is 2.28. The van der Waals surface area contributed by atoms with E-state index >= 15 is 0 Å². The highest BCUT2D eigenvalue weighted by Gasteiger charge is 2.14. The molecule has 0 saturated carbocycles. The summed E-state index contributed by atoms with van der Waals surface area (Å²) in [5.41, 5.74) is 2.56. The van der Waals surface area contributed by atoms with Crippen molar-refractivity contribution in [3.63, 3.8) is 0 Å². The van der Waals surface area contributed by atoms with Crippen LogP contribution in [0.25, 0.3) is 0 Å². The van der Waals surface area contributed by atoms with E-state index in [-0.39, 0.29) is 11.8 Å². The van der Waals surface area contributed by atoms with Crippen LogP contribution in [0.3, 0.4) is 0 Å². The summed E-state index contributed by atoms with van der Waals surface area (Å²) in [4.78, 5) is 29.3. The maximum absolute atomic E-state index is 12.8. The number of hydrogen-bond donors (Lipinski definition) is 2. The Bertz CT molecular complexity index is 1330. The molecule has 2 amide bonds. The van der Waals surface area contributed by atoms with Gasteiger partial charge in [-0.1, -0.05) is 29.8 Å². The maximum Gasteiger partial charge on any atom is 0.260 e. The molecular formula is C25H22ClN5O3. The van der Waals surface area contributed by atoms with Crippen molar-refractivity contribution in [2.75, 3.05) is 5.32 Å². The Hall–Kier alpha value is -4.17. The molecule has 172 valence electrons. The first kappa shape index (κ1) is 23.0. The van der Waals surface area contributed by atoms with Gasteiger partial charge in [-0.2, -0.15) is 5.10 Å². The summed E-state index contributed by atoms with van der Waals surface area (Å²) < 4.78 is 7.55.